The third-order valence-electron chi connectivity index (χ3n) is 2.53. The monoisotopic (exact) mass is 307 g/mol. The van der Waals surface area contributed by atoms with Crippen molar-refractivity contribution < 1.29 is 14.7 Å². The van der Waals surface area contributed by atoms with Gasteiger partial charge in [0.25, 0.3) is 0 Å². The minimum absolute atomic E-state index is 0.297. The lowest BCUT2D eigenvalue weighted by Crippen LogP contribution is -2.28. The molecule has 0 aliphatic rings. The Kier molecular flexibility index (Phi) is 5.09. The van der Waals surface area contributed by atoms with Crippen LogP contribution in [0.4, 0.5) is 0 Å². The highest BCUT2D eigenvalue weighted by Gasteiger charge is 2.13. The third-order valence-corrected chi connectivity index (χ3v) is 4.26. The molecule has 1 N–H and O–H groups in total. The van der Waals surface area contributed by atoms with E-state index in [1.165, 1.54) is 0 Å². The number of hydrogen-bond acceptors (Lipinski definition) is 4. The van der Waals surface area contributed by atoms with Gasteiger partial charge in [-0.2, -0.15) is 0 Å². The van der Waals surface area contributed by atoms with E-state index in [2.05, 4.69) is 0 Å². The Labute approximate surface area is 124 Å². The average molecular weight is 307 g/mol. The summed E-state index contributed by atoms with van der Waals surface area (Å²) in [6.45, 7) is 0.969. The van der Waals surface area contributed by atoms with E-state index in [-0.39, 0.29) is 5.91 Å². The van der Waals surface area contributed by atoms with Crippen LogP contribution in [0.15, 0.2) is 47.2 Å². The van der Waals surface area contributed by atoms with Crippen molar-refractivity contribution in [1.82, 2.24) is 4.90 Å². The Morgan fingerprint density at radius 2 is 1.60 bits per heavy atom. The summed E-state index contributed by atoms with van der Waals surface area (Å²) >= 11 is 3.15. The molecule has 0 aromatic carbocycles. The van der Waals surface area contributed by atoms with Crippen LogP contribution in [-0.4, -0.2) is 21.9 Å². The molecule has 0 unspecified atom stereocenters. The summed E-state index contributed by atoms with van der Waals surface area (Å²) in [6, 6.07) is 7.78. The molecule has 0 spiro atoms. The summed E-state index contributed by atoms with van der Waals surface area (Å²) in [6.07, 6.45) is 1.97. The van der Waals surface area contributed by atoms with E-state index in [9.17, 15) is 9.59 Å². The van der Waals surface area contributed by atoms with Crippen LogP contribution in [-0.2, 0) is 22.7 Å². The molecule has 2 aromatic rings. The molecule has 0 fully saturated rings. The number of carboxylic acids is 1. The number of nitrogens with zero attached hydrogens (tertiary/aromatic N) is 1. The van der Waals surface area contributed by atoms with Gasteiger partial charge in [-0.3, -0.25) is 4.79 Å². The molecule has 0 aliphatic heterocycles. The second kappa shape index (κ2) is 7.02. The molecule has 0 aliphatic carbocycles. The Bertz CT molecular complexity index is 552. The smallest absolute Gasteiger partial charge is 0.328 e. The quantitative estimate of drug-likeness (QED) is 0.835. The Morgan fingerprint density at radius 3 is 2.00 bits per heavy atom. The van der Waals surface area contributed by atoms with Crippen molar-refractivity contribution in [3.05, 3.63) is 56.9 Å². The van der Waals surface area contributed by atoms with Crippen molar-refractivity contribution in [2.24, 2.45) is 0 Å². The second-order valence-corrected chi connectivity index (χ2v) is 6.09. The maximum Gasteiger partial charge on any atom is 0.328 e. The van der Waals surface area contributed by atoms with E-state index in [0.717, 1.165) is 21.9 Å². The summed E-state index contributed by atoms with van der Waals surface area (Å²) < 4.78 is 0. The molecule has 20 heavy (non-hydrogen) atoms. The molecule has 0 saturated carbocycles. The average Bonchev–Trinajstić information content (AvgIpc) is 3.08. The predicted molar refractivity (Wildman–Crippen MR) is 79.7 cm³/mol. The van der Waals surface area contributed by atoms with Gasteiger partial charge in [-0.1, -0.05) is 12.1 Å². The SMILES string of the molecule is O=C(O)/C=C/C(=O)N(Cc1cccs1)Cc1cccs1. The molecule has 0 radical (unpaired) electrons. The minimum atomic E-state index is -1.12. The third kappa shape index (κ3) is 4.32. The highest BCUT2D eigenvalue weighted by molar-refractivity contribution is 7.10. The lowest BCUT2D eigenvalue weighted by Gasteiger charge is -2.19. The molecule has 2 aromatic heterocycles. The second-order valence-electron chi connectivity index (χ2n) is 4.02. The zero-order valence-electron chi connectivity index (χ0n) is 10.6. The largest absolute Gasteiger partial charge is 0.478 e. The lowest BCUT2D eigenvalue weighted by molar-refractivity contribution is -0.132. The number of aliphatic carboxylic acids is 1. The lowest BCUT2D eigenvalue weighted by atomic mass is 10.3. The maximum atomic E-state index is 12.1. The van der Waals surface area contributed by atoms with Crippen molar-refractivity contribution >= 4 is 34.6 Å². The van der Waals surface area contributed by atoms with Gasteiger partial charge in [-0.05, 0) is 22.9 Å². The van der Waals surface area contributed by atoms with Crippen molar-refractivity contribution in [3.8, 4) is 0 Å². The molecule has 0 bridgehead atoms. The van der Waals surface area contributed by atoms with Crippen LogP contribution < -0.4 is 0 Å². The molecule has 6 heteroatoms. The first-order valence-corrected chi connectivity index (χ1v) is 7.66. The van der Waals surface area contributed by atoms with Gasteiger partial charge >= 0.3 is 5.97 Å². The van der Waals surface area contributed by atoms with Gasteiger partial charge in [0.2, 0.25) is 5.91 Å². The van der Waals surface area contributed by atoms with E-state index >= 15 is 0 Å². The molecule has 0 atom stereocenters. The maximum absolute atomic E-state index is 12.1. The first kappa shape index (κ1) is 14.5. The number of carboxylic acid groups (broad SMARTS) is 1. The van der Waals surface area contributed by atoms with Crippen LogP contribution in [0, 0.1) is 0 Å². The molecule has 2 heterocycles. The molecule has 104 valence electrons. The van der Waals surface area contributed by atoms with Gasteiger partial charge in [0, 0.05) is 21.9 Å². The fourth-order valence-electron chi connectivity index (χ4n) is 1.64. The number of carbonyl (C=O) groups excluding carboxylic acids is 1. The number of rotatable bonds is 6. The van der Waals surface area contributed by atoms with Crippen molar-refractivity contribution in [2.45, 2.75) is 13.1 Å². The van der Waals surface area contributed by atoms with Gasteiger partial charge in [0.05, 0.1) is 13.1 Å². The number of hydrogen-bond donors (Lipinski definition) is 1. The Hall–Kier alpha value is -1.92. The summed E-state index contributed by atoms with van der Waals surface area (Å²) in [5.74, 6) is -1.42. The van der Waals surface area contributed by atoms with E-state index in [0.29, 0.717) is 13.1 Å². The van der Waals surface area contributed by atoms with Crippen LogP contribution >= 0.6 is 22.7 Å². The Morgan fingerprint density at radius 1 is 1.05 bits per heavy atom. The topological polar surface area (TPSA) is 57.6 Å². The molecular weight excluding hydrogens is 294 g/mol. The zero-order chi connectivity index (χ0) is 14.4. The van der Waals surface area contributed by atoms with E-state index in [1.54, 1.807) is 27.6 Å². The standard InChI is InChI=1S/C14H13NO3S2/c16-13(5-6-14(17)18)15(9-11-3-1-7-19-11)10-12-4-2-8-20-12/h1-8H,9-10H2,(H,17,18)/b6-5+. The first-order valence-electron chi connectivity index (χ1n) is 5.90. The first-order chi connectivity index (χ1) is 9.65. The number of carbonyl (C=O) groups is 2. The summed E-state index contributed by atoms with van der Waals surface area (Å²) in [5, 5.41) is 12.5. The summed E-state index contributed by atoms with van der Waals surface area (Å²) in [4.78, 5) is 26.4. The molecule has 2 rings (SSSR count). The fraction of sp³-hybridized carbons (Fsp3) is 0.143. The summed E-state index contributed by atoms with van der Waals surface area (Å²) in [7, 11) is 0. The van der Waals surface area contributed by atoms with Gasteiger partial charge in [0.1, 0.15) is 0 Å². The van der Waals surface area contributed by atoms with Gasteiger partial charge in [-0.15, -0.1) is 22.7 Å². The van der Waals surface area contributed by atoms with Crippen LogP contribution in [0.25, 0.3) is 0 Å². The highest BCUT2D eigenvalue weighted by atomic mass is 32.1. The van der Waals surface area contributed by atoms with Gasteiger partial charge < -0.3 is 10.0 Å². The van der Waals surface area contributed by atoms with Crippen LogP contribution in [0.5, 0.6) is 0 Å². The van der Waals surface area contributed by atoms with Gasteiger partial charge in [0.15, 0.2) is 0 Å². The number of amides is 1. The van der Waals surface area contributed by atoms with Crippen LogP contribution in [0.3, 0.4) is 0 Å². The predicted octanol–water partition coefficient (Wildman–Crippen LogP) is 2.98. The normalized spacial score (nSPS) is 10.8. The molecule has 0 saturated heterocycles. The summed E-state index contributed by atoms with van der Waals surface area (Å²) in [5.41, 5.74) is 0. The van der Waals surface area contributed by atoms with Crippen LogP contribution in [0.2, 0.25) is 0 Å². The molecule has 1 amide bonds. The fourth-order valence-corrected chi connectivity index (χ4v) is 3.08. The van der Waals surface area contributed by atoms with Gasteiger partial charge in [-0.25, -0.2) is 4.79 Å². The van der Waals surface area contributed by atoms with Crippen molar-refractivity contribution in [2.75, 3.05) is 0 Å². The zero-order valence-corrected chi connectivity index (χ0v) is 12.2. The Balaban J connectivity index is 2.10. The highest BCUT2D eigenvalue weighted by Crippen LogP contribution is 2.17. The van der Waals surface area contributed by atoms with E-state index < -0.39 is 5.97 Å². The van der Waals surface area contributed by atoms with Crippen LogP contribution in [0.1, 0.15) is 9.75 Å². The van der Waals surface area contributed by atoms with E-state index in [1.807, 2.05) is 35.0 Å². The van der Waals surface area contributed by atoms with Crippen molar-refractivity contribution in [3.63, 3.8) is 0 Å². The molecule has 4 nitrogen and oxygen atoms in total. The minimum Gasteiger partial charge on any atom is -0.478 e. The molecular formula is C14H13NO3S2. The van der Waals surface area contributed by atoms with E-state index in [4.69, 9.17) is 5.11 Å². The number of thiophene rings is 2. The van der Waals surface area contributed by atoms with Crippen molar-refractivity contribution in [1.29, 1.82) is 0 Å².